The van der Waals surface area contributed by atoms with Crippen LogP contribution in [0.25, 0.3) is 0 Å². The van der Waals surface area contributed by atoms with Gasteiger partial charge < -0.3 is 15.2 Å². The Morgan fingerprint density at radius 1 is 1.43 bits per heavy atom. The van der Waals surface area contributed by atoms with Gasteiger partial charge in [-0.1, -0.05) is 12.1 Å². The fourth-order valence-corrected chi connectivity index (χ4v) is 1.51. The molecule has 0 amide bonds. The van der Waals surface area contributed by atoms with Crippen LogP contribution >= 0.6 is 0 Å². The number of nitrogens with one attached hydrogen (secondary N) is 1. The summed E-state index contributed by atoms with van der Waals surface area (Å²) >= 11 is 0. The van der Waals surface area contributed by atoms with Crippen LogP contribution in [0.5, 0.6) is 5.75 Å². The minimum Gasteiger partial charge on any atom is -0.495 e. The average molecular weight is 193 g/mol. The van der Waals surface area contributed by atoms with E-state index in [1.807, 2.05) is 24.3 Å². The molecule has 1 aliphatic carbocycles. The fourth-order valence-electron chi connectivity index (χ4n) is 1.51. The minimum absolute atomic E-state index is 0.0887. The van der Waals surface area contributed by atoms with Crippen molar-refractivity contribution in [2.45, 2.75) is 18.4 Å². The zero-order chi connectivity index (χ0) is 10.0. The lowest BCUT2D eigenvalue weighted by atomic mass is 10.2. The highest BCUT2D eigenvalue weighted by molar-refractivity contribution is 5.58. The molecule has 0 aliphatic heterocycles. The Hall–Kier alpha value is -1.22. The maximum Gasteiger partial charge on any atom is 0.141 e. The number of methoxy groups -OCH3 is 1. The van der Waals surface area contributed by atoms with Gasteiger partial charge in [0, 0.05) is 0 Å². The quantitative estimate of drug-likeness (QED) is 0.763. The summed E-state index contributed by atoms with van der Waals surface area (Å²) in [5, 5.41) is 12.5. The molecule has 76 valence electrons. The third-order valence-electron chi connectivity index (χ3n) is 2.66. The number of aliphatic hydroxyl groups excluding tert-OH is 1. The van der Waals surface area contributed by atoms with E-state index in [2.05, 4.69) is 5.32 Å². The van der Waals surface area contributed by atoms with E-state index in [-0.39, 0.29) is 12.1 Å². The second-order valence-electron chi connectivity index (χ2n) is 3.76. The molecule has 3 nitrogen and oxygen atoms in total. The second-order valence-corrected chi connectivity index (χ2v) is 3.76. The molecular weight excluding hydrogens is 178 g/mol. The molecule has 0 saturated heterocycles. The largest absolute Gasteiger partial charge is 0.495 e. The van der Waals surface area contributed by atoms with Crippen LogP contribution < -0.4 is 10.1 Å². The van der Waals surface area contributed by atoms with Gasteiger partial charge in [0.1, 0.15) is 5.75 Å². The van der Waals surface area contributed by atoms with Gasteiger partial charge in [0.05, 0.1) is 24.9 Å². The first kappa shape index (κ1) is 9.34. The number of benzene rings is 1. The lowest BCUT2D eigenvalue weighted by Crippen LogP contribution is -2.25. The Morgan fingerprint density at radius 3 is 2.71 bits per heavy atom. The van der Waals surface area contributed by atoms with E-state index in [4.69, 9.17) is 4.74 Å². The summed E-state index contributed by atoms with van der Waals surface area (Å²) in [6, 6.07) is 7.77. The Labute approximate surface area is 83.7 Å². The smallest absolute Gasteiger partial charge is 0.141 e. The van der Waals surface area contributed by atoms with Crippen LogP contribution in [0.4, 0.5) is 5.69 Å². The van der Waals surface area contributed by atoms with Crippen molar-refractivity contribution in [2.75, 3.05) is 19.0 Å². The molecular formula is C11H15NO2. The molecule has 0 spiro atoms. The summed E-state index contributed by atoms with van der Waals surface area (Å²) in [5.74, 6) is 0.826. The van der Waals surface area contributed by atoms with Crippen molar-refractivity contribution in [3.63, 3.8) is 0 Å². The highest BCUT2D eigenvalue weighted by Gasteiger charge is 2.42. The van der Waals surface area contributed by atoms with E-state index >= 15 is 0 Å². The molecule has 0 unspecified atom stereocenters. The molecule has 1 aliphatic rings. The van der Waals surface area contributed by atoms with E-state index in [1.54, 1.807) is 7.11 Å². The Balaban J connectivity index is 2.16. The van der Waals surface area contributed by atoms with Crippen molar-refractivity contribution in [1.29, 1.82) is 0 Å². The van der Waals surface area contributed by atoms with Gasteiger partial charge in [-0.3, -0.25) is 0 Å². The SMILES string of the molecule is COc1ccccc1NC1(CO)CC1. The van der Waals surface area contributed by atoms with Crippen LogP contribution in [0.2, 0.25) is 0 Å². The predicted molar refractivity (Wildman–Crippen MR) is 55.7 cm³/mol. The topological polar surface area (TPSA) is 41.5 Å². The van der Waals surface area contributed by atoms with E-state index in [0.717, 1.165) is 24.3 Å². The average Bonchev–Trinajstić information content (AvgIpc) is 2.99. The summed E-state index contributed by atoms with van der Waals surface area (Å²) in [6.45, 7) is 0.186. The van der Waals surface area contributed by atoms with Crippen molar-refractivity contribution < 1.29 is 9.84 Å². The summed E-state index contributed by atoms with van der Waals surface area (Å²) < 4.78 is 5.22. The molecule has 2 N–H and O–H groups in total. The third-order valence-corrected chi connectivity index (χ3v) is 2.66. The van der Waals surface area contributed by atoms with Gasteiger partial charge >= 0.3 is 0 Å². The predicted octanol–water partition coefficient (Wildman–Crippen LogP) is 1.63. The van der Waals surface area contributed by atoms with Crippen LogP contribution in [-0.4, -0.2) is 24.4 Å². The molecule has 0 atom stereocenters. The van der Waals surface area contributed by atoms with Gasteiger partial charge in [-0.25, -0.2) is 0 Å². The van der Waals surface area contributed by atoms with E-state index in [0.29, 0.717) is 0 Å². The Kier molecular flexibility index (Phi) is 2.33. The molecule has 3 heteroatoms. The number of para-hydroxylation sites is 2. The number of hydrogen-bond acceptors (Lipinski definition) is 3. The van der Waals surface area contributed by atoms with Gasteiger partial charge in [-0.2, -0.15) is 0 Å². The maximum absolute atomic E-state index is 9.18. The van der Waals surface area contributed by atoms with Gasteiger partial charge in [0.2, 0.25) is 0 Å². The molecule has 1 aromatic rings. The standard InChI is InChI=1S/C11H15NO2/c1-14-10-5-3-2-4-9(10)12-11(8-13)6-7-11/h2-5,12-13H,6-8H2,1H3. The first-order valence-corrected chi connectivity index (χ1v) is 4.82. The number of ether oxygens (including phenoxy) is 1. The number of aliphatic hydroxyl groups is 1. The zero-order valence-corrected chi connectivity index (χ0v) is 8.29. The van der Waals surface area contributed by atoms with Crippen LogP contribution in [0.1, 0.15) is 12.8 Å². The molecule has 2 rings (SSSR count). The summed E-state index contributed by atoms with van der Waals surface area (Å²) in [6.07, 6.45) is 2.06. The van der Waals surface area contributed by atoms with Crippen molar-refractivity contribution in [2.24, 2.45) is 0 Å². The van der Waals surface area contributed by atoms with Gasteiger partial charge in [0.15, 0.2) is 0 Å². The Bertz CT molecular complexity index is 321. The van der Waals surface area contributed by atoms with E-state index < -0.39 is 0 Å². The number of rotatable bonds is 4. The van der Waals surface area contributed by atoms with Crippen molar-refractivity contribution in [3.8, 4) is 5.75 Å². The lowest BCUT2D eigenvalue weighted by molar-refractivity contribution is 0.266. The number of anilines is 1. The van der Waals surface area contributed by atoms with E-state index in [1.165, 1.54) is 0 Å². The lowest BCUT2D eigenvalue weighted by Gasteiger charge is -2.17. The second kappa shape index (κ2) is 3.50. The highest BCUT2D eigenvalue weighted by Crippen LogP contribution is 2.40. The highest BCUT2D eigenvalue weighted by atomic mass is 16.5. The summed E-state index contributed by atoms with van der Waals surface area (Å²) in [4.78, 5) is 0. The fraction of sp³-hybridized carbons (Fsp3) is 0.455. The van der Waals surface area contributed by atoms with Crippen molar-refractivity contribution >= 4 is 5.69 Å². The molecule has 0 heterocycles. The third kappa shape index (κ3) is 1.68. The summed E-state index contributed by atoms with van der Waals surface area (Å²) in [5.41, 5.74) is 0.871. The molecule has 1 saturated carbocycles. The molecule has 14 heavy (non-hydrogen) atoms. The van der Waals surface area contributed by atoms with Gasteiger partial charge in [0.25, 0.3) is 0 Å². The van der Waals surface area contributed by atoms with Crippen LogP contribution in [0.3, 0.4) is 0 Å². The molecule has 0 radical (unpaired) electrons. The molecule has 0 bridgehead atoms. The van der Waals surface area contributed by atoms with Gasteiger partial charge in [-0.15, -0.1) is 0 Å². The van der Waals surface area contributed by atoms with Crippen LogP contribution in [-0.2, 0) is 0 Å². The zero-order valence-electron chi connectivity index (χ0n) is 8.29. The minimum atomic E-state index is -0.0887. The molecule has 1 aromatic carbocycles. The van der Waals surface area contributed by atoms with Crippen LogP contribution in [0.15, 0.2) is 24.3 Å². The van der Waals surface area contributed by atoms with E-state index in [9.17, 15) is 5.11 Å². The van der Waals surface area contributed by atoms with Gasteiger partial charge in [-0.05, 0) is 25.0 Å². The van der Waals surface area contributed by atoms with Crippen LogP contribution in [0, 0.1) is 0 Å². The van der Waals surface area contributed by atoms with Crippen molar-refractivity contribution in [3.05, 3.63) is 24.3 Å². The summed E-state index contributed by atoms with van der Waals surface area (Å²) in [7, 11) is 1.65. The molecule has 1 fully saturated rings. The first-order valence-electron chi connectivity index (χ1n) is 4.82. The maximum atomic E-state index is 9.18. The number of hydrogen-bond donors (Lipinski definition) is 2. The first-order chi connectivity index (χ1) is 6.79. The Morgan fingerprint density at radius 2 is 2.14 bits per heavy atom. The molecule has 0 aromatic heterocycles. The monoisotopic (exact) mass is 193 g/mol. The normalized spacial score (nSPS) is 17.6. The van der Waals surface area contributed by atoms with Crippen molar-refractivity contribution in [1.82, 2.24) is 0 Å².